The van der Waals surface area contributed by atoms with Crippen molar-refractivity contribution >= 4 is 0 Å². The molecule has 0 bridgehead atoms. The first kappa shape index (κ1) is 14.9. The Morgan fingerprint density at radius 2 is 2.43 bits per heavy atom. The molecule has 116 valence electrons. The van der Waals surface area contributed by atoms with E-state index in [1.807, 2.05) is 12.3 Å². The second kappa shape index (κ2) is 6.86. The van der Waals surface area contributed by atoms with E-state index in [1.165, 1.54) is 6.42 Å². The zero-order valence-electron chi connectivity index (χ0n) is 13.0. The van der Waals surface area contributed by atoms with E-state index in [0.717, 1.165) is 58.0 Å². The molecule has 0 aliphatic carbocycles. The largest absolute Gasteiger partial charge is 0.381 e. The van der Waals surface area contributed by atoms with Crippen LogP contribution in [0.25, 0.3) is 0 Å². The smallest absolute Gasteiger partial charge is 0.0677 e. The zero-order valence-corrected chi connectivity index (χ0v) is 13.0. The van der Waals surface area contributed by atoms with Crippen LogP contribution in [0.2, 0.25) is 0 Å². The average Bonchev–Trinajstić information content (AvgIpc) is 2.54. The molecule has 0 radical (unpaired) electrons. The average molecular weight is 290 g/mol. The fraction of sp³-hybridized carbons (Fsp3) is 0.706. The van der Waals surface area contributed by atoms with Crippen molar-refractivity contribution in [1.82, 2.24) is 9.88 Å². The third kappa shape index (κ3) is 3.44. The molecular weight excluding hydrogens is 264 g/mol. The highest BCUT2D eigenvalue weighted by molar-refractivity contribution is 5.05. The van der Waals surface area contributed by atoms with E-state index in [9.17, 15) is 0 Å². The maximum absolute atomic E-state index is 6.06. The molecule has 4 nitrogen and oxygen atoms in total. The fourth-order valence-corrected chi connectivity index (χ4v) is 3.75. The Kier molecular flexibility index (Phi) is 4.88. The van der Waals surface area contributed by atoms with Gasteiger partial charge >= 0.3 is 0 Å². The van der Waals surface area contributed by atoms with E-state index in [0.29, 0.717) is 6.10 Å². The lowest BCUT2D eigenvalue weighted by atomic mass is 9.73. The monoisotopic (exact) mass is 290 g/mol. The number of rotatable bonds is 5. The summed E-state index contributed by atoms with van der Waals surface area (Å²) in [5.41, 5.74) is 1.33. The van der Waals surface area contributed by atoms with E-state index >= 15 is 0 Å². The number of fused-ring (bicyclic) bond motifs is 1. The summed E-state index contributed by atoms with van der Waals surface area (Å²) in [5, 5.41) is 0. The summed E-state index contributed by atoms with van der Waals surface area (Å²) in [5.74, 6) is 0. The first-order valence-corrected chi connectivity index (χ1v) is 8.14. The fourth-order valence-electron chi connectivity index (χ4n) is 3.75. The molecule has 0 unspecified atom stereocenters. The molecule has 2 aliphatic rings. The Bertz CT molecular complexity index is 440. The standard InChI is InChI=1S/C17H26N2O2/c1-2-20-14-17-8-5-11-21-16(17)7-10-19(13-17)12-15-6-3-4-9-18-15/h3-4,6,9,16H,2,5,7-8,10-14H2,1H3/t16-,17-/m1/s1. The molecule has 0 amide bonds. The van der Waals surface area contributed by atoms with Gasteiger partial charge in [0.2, 0.25) is 0 Å². The normalized spacial score (nSPS) is 30.0. The first-order chi connectivity index (χ1) is 10.3. The summed E-state index contributed by atoms with van der Waals surface area (Å²) in [4.78, 5) is 6.98. The first-order valence-electron chi connectivity index (χ1n) is 8.14. The third-order valence-electron chi connectivity index (χ3n) is 4.77. The Labute approximate surface area is 127 Å². The molecule has 4 heteroatoms. The van der Waals surface area contributed by atoms with Crippen LogP contribution in [-0.2, 0) is 16.0 Å². The van der Waals surface area contributed by atoms with Crippen molar-refractivity contribution in [1.29, 1.82) is 0 Å². The summed E-state index contributed by atoms with van der Waals surface area (Å²) < 4.78 is 11.9. The molecular formula is C17H26N2O2. The summed E-state index contributed by atoms with van der Waals surface area (Å²) in [7, 11) is 0. The van der Waals surface area contributed by atoms with Gasteiger partial charge in [-0.3, -0.25) is 9.88 Å². The van der Waals surface area contributed by atoms with Gasteiger partial charge in [0.05, 0.1) is 18.4 Å². The van der Waals surface area contributed by atoms with Crippen LogP contribution in [0.4, 0.5) is 0 Å². The molecule has 21 heavy (non-hydrogen) atoms. The molecule has 0 saturated carbocycles. The van der Waals surface area contributed by atoms with Crippen molar-refractivity contribution in [3.63, 3.8) is 0 Å². The van der Waals surface area contributed by atoms with Gasteiger partial charge in [0.1, 0.15) is 0 Å². The maximum atomic E-state index is 6.06. The van der Waals surface area contributed by atoms with Gasteiger partial charge in [0, 0.05) is 44.5 Å². The molecule has 0 aromatic carbocycles. The van der Waals surface area contributed by atoms with Crippen LogP contribution in [0.1, 0.15) is 31.9 Å². The maximum Gasteiger partial charge on any atom is 0.0677 e. The van der Waals surface area contributed by atoms with E-state index in [-0.39, 0.29) is 5.41 Å². The minimum Gasteiger partial charge on any atom is -0.381 e. The number of ether oxygens (including phenoxy) is 2. The van der Waals surface area contributed by atoms with Crippen LogP contribution in [0, 0.1) is 5.41 Å². The summed E-state index contributed by atoms with van der Waals surface area (Å²) >= 11 is 0. The third-order valence-corrected chi connectivity index (χ3v) is 4.77. The topological polar surface area (TPSA) is 34.6 Å². The van der Waals surface area contributed by atoms with Crippen molar-refractivity contribution in [3.05, 3.63) is 30.1 Å². The molecule has 2 saturated heterocycles. The Morgan fingerprint density at radius 3 is 3.24 bits per heavy atom. The highest BCUT2D eigenvalue weighted by Gasteiger charge is 2.46. The lowest BCUT2D eigenvalue weighted by molar-refractivity contribution is -0.153. The SMILES string of the molecule is CCOC[C@]12CCCO[C@@H]1CCN(Cc1ccccn1)C2. The van der Waals surface area contributed by atoms with Crippen LogP contribution in [0.15, 0.2) is 24.4 Å². The van der Waals surface area contributed by atoms with Gasteiger partial charge in [0.15, 0.2) is 0 Å². The van der Waals surface area contributed by atoms with Crippen molar-refractivity contribution in [2.75, 3.05) is 32.9 Å². The van der Waals surface area contributed by atoms with Crippen molar-refractivity contribution in [3.8, 4) is 0 Å². The molecule has 0 spiro atoms. The van der Waals surface area contributed by atoms with Gasteiger partial charge in [-0.15, -0.1) is 0 Å². The van der Waals surface area contributed by atoms with E-state index in [1.54, 1.807) is 0 Å². The van der Waals surface area contributed by atoms with Crippen molar-refractivity contribution < 1.29 is 9.47 Å². The van der Waals surface area contributed by atoms with Crippen LogP contribution < -0.4 is 0 Å². The zero-order chi connectivity index (χ0) is 14.5. The van der Waals surface area contributed by atoms with E-state index in [4.69, 9.17) is 9.47 Å². The molecule has 2 aliphatic heterocycles. The number of hydrogen-bond acceptors (Lipinski definition) is 4. The van der Waals surface area contributed by atoms with Crippen LogP contribution in [0.5, 0.6) is 0 Å². The Balaban J connectivity index is 1.68. The van der Waals surface area contributed by atoms with Gasteiger partial charge in [0.25, 0.3) is 0 Å². The van der Waals surface area contributed by atoms with Gasteiger partial charge in [-0.2, -0.15) is 0 Å². The number of nitrogens with zero attached hydrogens (tertiary/aromatic N) is 2. The minimum absolute atomic E-state index is 0.182. The van der Waals surface area contributed by atoms with Gasteiger partial charge in [-0.1, -0.05) is 6.07 Å². The lowest BCUT2D eigenvalue weighted by Crippen LogP contribution is -2.56. The summed E-state index contributed by atoms with van der Waals surface area (Å²) in [6.07, 6.45) is 5.73. The predicted molar refractivity (Wildman–Crippen MR) is 82.0 cm³/mol. The van der Waals surface area contributed by atoms with Crippen LogP contribution in [0.3, 0.4) is 0 Å². The van der Waals surface area contributed by atoms with E-state index < -0.39 is 0 Å². The van der Waals surface area contributed by atoms with E-state index in [2.05, 4.69) is 28.9 Å². The summed E-state index contributed by atoms with van der Waals surface area (Å²) in [6, 6.07) is 6.15. The van der Waals surface area contributed by atoms with Gasteiger partial charge in [-0.25, -0.2) is 0 Å². The predicted octanol–water partition coefficient (Wildman–Crippen LogP) is 2.49. The molecule has 3 heterocycles. The van der Waals surface area contributed by atoms with Crippen molar-refractivity contribution in [2.45, 2.75) is 38.8 Å². The van der Waals surface area contributed by atoms with Gasteiger partial charge in [-0.05, 0) is 38.3 Å². The molecule has 1 aromatic rings. The Hall–Kier alpha value is -0.970. The highest BCUT2D eigenvalue weighted by atomic mass is 16.5. The molecule has 0 N–H and O–H groups in total. The quantitative estimate of drug-likeness (QED) is 0.834. The number of piperidine rings is 1. The number of aromatic nitrogens is 1. The second-order valence-electron chi connectivity index (χ2n) is 6.28. The number of likely N-dealkylation sites (tertiary alicyclic amines) is 1. The minimum atomic E-state index is 0.182. The summed E-state index contributed by atoms with van der Waals surface area (Å²) in [6.45, 7) is 7.69. The van der Waals surface area contributed by atoms with Crippen molar-refractivity contribution in [2.24, 2.45) is 5.41 Å². The molecule has 3 rings (SSSR count). The van der Waals surface area contributed by atoms with Gasteiger partial charge < -0.3 is 9.47 Å². The highest BCUT2D eigenvalue weighted by Crippen LogP contribution is 2.40. The second-order valence-corrected chi connectivity index (χ2v) is 6.28. The number of hydrogen-bond donors (Lipinski definition) is 0. The Morgan fingerprint density at radius 1 is 1.48 bits per heavy atom. The molecule has 2 fully saturated rings. The molecule has 1 aromatic heterocycles. The molecule has 2 atom stereocenters. The number of pyridine rings is 1. The lowest BCUT2D eigenvalue weighted by Gasteiger charge is -2.50. The van der Waals surface area contributed by atoms with Crippen LogP contribution in [-0.4, -0.2) is 48.9 Å². The van der Waals surface area contributed by atoms with Crippen LogP contribution >= 0.6 is 0 Å².